The molecule has 1 fully saturated rings. The number of rotatable bonds is 6. The van der Waals surface area contributed by atoms with E-state index in [1.54, 1.807) is 23.6 Å². The first-order valence-corrected chi connectivity index (χ1v) is 10.2. The summed E-state index contributed by atoms with van der Waals surface area (Å²) in [5.74, 6) is -0.836. The number of carbonyl (C=O) groups excluding carboxylic acids is 1. The van der Waals surface area contributed by atoms with Crippen molar-refractivity contribution in [3.63, 3.8) is 0 Å². The van der Waals surface area contributed by atoms with Gasteiger partial charge in [-0.15, -0.1) is 11.3 Å². The first-order valence-electron chi connectivity index (χ1n) is 9.37. The Balaban J connectivity index is 1.65. The molecule has 0 saturated carbocycles. The standard InChI is InChI=1S/C20H20FN3O4S/c21-15-6-2-1-4-13(15)11-24-19(26)18-16(7-9-29-18)23(20(24)27)12-17(25)22-10-14-5-3-8-28-14/h1-2,4,6-7,9,14H,3,5,8,10-12H2,(H,22,25)/t14-/m1/s1. The number of fused-ring (bicyclic) bond motifs is 1. The van der Waals surface area contributed by atoms with E-state index in [0.29, 0.717) is 23.4 Å². The second kappa shape index (κ2) is 8.30. The third-order valence-electron chi connectivity index (χ3n) is 4.98. The minimum atomic E-state index is -0.642. The highest BCUT2D eigenvalue weighted by Gasteiger charge is 2.19. The highest BCUT2D eigenvalue weighted by molar-refractivity contribution is 7.17. The van der Waals surface area contributed by atoms with Crippen molar-refractivity contribution >= 4 is 27.5 Å². The summed E-state index contributed by atoms with van der Waals surface area (Å²) in [6.07, 6.45) is 1.85. The largest absolute Gasteiger partial charge is 0.376 e. The molecule has 4 rings (SSSR count). The molecule has 3 aromatic rings. The van der Waals surface area contributed by atoms with Crippen LogP contribution in [0.2, 0.25) is 0 Å². The second-order valence-corrected chi connectivity index (χ2v) is 7.84. The van der Waals surface area contributed by atoms with Gasteiger partial charge in [0.2, 0.25) is 5.91 Å². The van der Waals surface area contributed by atoms with Gasteiger partial charge in [-0.25, -0.2) is 9.18 Å². The zero-order valence-corrected chi connectivity index (χ0v) is 16.4. The molecular weight excluding hydrogens is 397 g/mol. The fourth-order valence-corrected chi connectivity index (χ4v) is 4.30. The maximum absolute atomic E-state index is 14.1. The van der Waals surface area contributed by atoms with E-state index < -0.39 is 17.1 Å². The van der Waals surface area contributed by atoms with Gasteiger partial charge in [0, 0.05) is 18.7 Å². The Morgan fingerprint density at radius 1 is 1.24 bits per heavy atom. The molecule has 1 N–H and O–H groups in total. The number of benzene rings is 1. The van der Waals surface area contributed by atoms with E-state index in [9.17, 15) is 18.8 Å². The molecule has 1 aliphatic rings. The lowest BCUT2D eigenvalue weighted by molar-refractivity contribution is -0.122. The SMILES string of the molecule is O=C(Cn1c(=O)n(Cc2ccccc2F)c(=O)c2sccc21)NC[C@H]1CCCO1. The number of carbonyl (C=O) groups is 1. The lowest BCUT2D eigenvalue weighted by Crippen LogP contribution is -2.43. The number of nitrogens with zero attached hydrogens (tertiary/aromatic N) is 2. The molecular formula is C20H20FN3O4S. The lowest BCUT2D eigenvalue weighted by atomic mass is 10.2. The minimum Gasteiger partial charge on any atom is -0.376 e. The van der Waals surface area contributed by atoms with Gasteiger partial charge in [0.1, 0.15) is 17.1 Å². The smallest absolute Gasteiger partial charge is 0.332 e. The molecule has 0 unspecified atom stereocenters. The molecule has 152 valence electrons. The normalized spacial score (nSPS) is 16.4. The van der Waals surface area contributed by atoms with Crippen LogP contribution in [0.3, 0.4) is 0 Å². The number of nitrogens with one attached hydrogen (secondary N) is 1. The fourth-order valence-electron chi connectivity index (χ4n) is 3.45. The molecule has 0 bridgehead atoms. The summed E-state index contributed by atoms with van der Waals surface area (Å²) >= 11 is 1.19. The fraction of sp³-hybridized carbons (Fsp3) is 0.350. The van der Waals surface area contributed by atoms with Crippen LogP contribution in [0.1, 0.15) is 18.4 Å². The van der Waals surface area contributed by atoms with Crippen LogP contribution in [0, 0.1) is 5.82 Å². The summed E-state index contributed by atoms with van der Waals surface area (Å²) < 4.78 is 22.1. The van der Waals surface area contributed by atoms with Gasteiger partial charge in [-0.1, -0.05) is 18.2 Å². The molecule has 29 heavy (non-hydrogen) atoms. The highest BCUT2D eigenvalue weighted by Crippen LogP contribution is 2.16. The monoisotopic (exact) mass is 417 g/mol. The number of ether oxygens (including phenoxy) is 1. The number of thiophene rings is 1. The molecule has 0 spiro atoms. The Morgan fingerprint density at radius 2 is 2.07 bits per heavy atom. The van der Waals surface area contributed by atoms with Crippen LogP contribution < -0.4 is 16.6 Å². The number of halogens is 1. The summed E-state index contributed by atoms with van der Waals surface area (Å²) in [4.78, 5) is 38.2. The van der Waals surface area contributed by atoms with E-state index in [2.05, 4.69) is 5.32 Å². The van der Waals surface area contributed by atoms with Crippen molar-refractivity contribution in [2.45, 2.75) is 32.0 Å². The van der Waals surface area contributed by atoms with E-state index in [1.165, 1.54) is 28.0 Å². The van der Waals surface area contributed by atoms with E-state index in [4.69, 9.17) is 4.74 Å². The van der Waals surface area contributed by atoms with Gasteiger partial charge in [-0.3, -0.25) is 18.7 Å². The Bertz CT molecular complexity index is 1160. The average Bonchev–Trinajstić information content (AvgIpc) is 3.40. The summed E-state index contributed by atoms with van der Waals surface area (Å²) in [6, 6.07) is 7.63. The van der Waals surface area contributed by atoms with Crippen molar-refractivity contribution < 1.29 is 13.9 Å². The predicted molar refractivity (Wildman–Crippen MR) is 108 cm³/mol. The zero-order chi connectivity index (χ0) is 20.4. The number of amides is 1. The van der Waals surface area contributed by atoms with E-state index in [0.717, 1.165) is 17.4 Å². The van der Waals surface area contributed by atoms with Gasteiger partial charge in [-0.05, 0) is 30.4 Å². The maximum Gasteiger partial charge on any atom is 0.332 e. The van der Waals surface area contributed by atoms with Crippen LogP contribution in [0.15, 0.2) is 45.3 Å². The third kappa shape index (κ3) is 4.01. The summed E-state index contributed by atoms with van der Waals surface area (Å²) in [6.45, 7) is 0.651. The Kier molecular flexibility index (Phi) is 5.59. The predicted octanol–water partition coefficient (Wildman–Crippen LogP) is 1.71. The average molecular weight is 417 g/mol. The van der Waals surface area contributed by atoms with Crippen LogP contribution in [0.5, 0.6) is 0 Å². The minimum absolute atomic E-state index is 0.00755. The molecule has 1 amide bonds. The van der Waals surface area contributed by atoms with Crippen LogP contribution in [-0.2, 0) is 22.6 Å². The summed E-state index contributed by atoms with van der Waals surface area (Å²) in [5, 5.41) is 4.48. The van der Waals surface area contributed by atoms with Crippen LogP contribution in [0.25, 0.3) is 10.2 Å². The zero-order valence-electron chi connectivity index (χ0n) is 15.6. The van der Waals surface area contributed by atoms with E-state index in [1.807, 2.05) is 0 Å². The van der Waals surface area contributed by atoms with Crippen LogP contribution in [-0.4, -0.2) is 34.3 Å². The summed E-state index contributed by atoms with van der Waals surface area (Å²) in [7, 11) is 0. The highest BCUT2D eigenvalue weighted by atomic mass is 32.1. The van der Waals surface area contributed by atoms with Crippen LogP contribution in [0.4, 0.5) is 4.39 Å². The van der Waals surface area contributed by atoms with Crippen molar-refractivity contribution in [1.29, 1.82) is 0 Å². The number of hydrogen-bond donors (Lipinski definition) is 1. The van der Waals surface area contributed by atoms with E-state index >= 15 is 0 Å². The second-order valence-electron chi connectivity index (χ2n) is 6.93. The molecule has 7 nitrogen and oxygen atoms in total. The Hall–Kier alpha value is -2.78. The maximum atomic E-state index is 14.1. The lowest BCUT2D eigenvalue weighted by Gasteiger charge is -2.14. The first-order chi connectivity index (χ1) is 14.0. The van der Waals surface area contributed by atoms with Gasteiger partial charge >= 0.3 is 5.69 Å². The Morgan fingerprint density at radius 3 is 2.83 bits per heavy atom. The van der Waals surface area contributed by atoms with Crippen molar-refractivity contribution in [2.75, 3.05) is 13.2 Å². The topological polar surface area (TPSA) is 82.3 Å². The third-order valence-corrected chi connectivity index (χ3v) is 5.87. The number of hydrogen-bond acceptors (Lipinski definition) is 5. The molecule has 3 heterocycles. The molecule has 0 radical (unpaired) electrons. The van der Waals surface area contributed by atoms with Crippen LogP contribution >= 0.6 is 11.3 Å². The molecule has 1 saturated heterocycles. The van der Waals surface area contributed by atoms with Gasteiger partial charge in [-0.2, -0.15) is 0 Å². The van der Waals surface area contributed by atoms with E-state index in [-0.39, 0.29) is 30.7 Å². The molecule has 9 heteroatoms. The molecule has 1 aliphatic heterocycles. The molecule has 1 atom stereocenters. The summed E-state index contributed by atoms with van der Waals surface area (Å²) in [5.41, 5.74) is -0.491. The van der Waals surface area contributed by atoms with Gasteiger partial charge in [0.15, 0.2) is 0 Å². The molecule has 0 aliphatic carbocycles. The first kappa shape index (κ1) is 19.5. The van der Waals surface area contributed by atoms with Gasteiger partial charge in [0.05, 0.1) is 18.2 Å². The van der Waals surface area contributed by atoms with Gasteiger partial charge in [0.25, 0.3) is 5.56 Å². The van der Waals surface area contributed by atoms with Gasteiger partial charge < -0.3 is 10.1 Å². The van der Waals surface area contributed by atoms with Crippen molar-refractivity contribution in [1.82, 2.24) is 14.5 Å². The number of aromatic nitrogens is 2. The molecule has 2 aromatic heterocycles. The van der Waals surface area contributed by atoms with Crippen molar-refractivity contribution in [2.24, 2.45) is 0 Å². The molecule has 1 aromatic carbocycles. The van der Waals surface area contributed by atoms with Crippen molar-refractivity contribution in [3.8, 4) is 0 Å². The Labute approximate surface area is 169 Å². The van der Waals surface area contributed by atoms with Crippen molar-refractivity contribution in [3.05, 3.63) is 67.9 Å². The quantitative estimate of drug-likeness (QED) is 0.662.